The molecule has 0 unspecified atom stereocenters. The van der Waals surface area contributed by atoms with Crippen LogP contribution < -0.4 is 10.1 Å². The van der Waals surface area contributed by atoms with Gasteiger partial charge in [-0.3, -0.25) is 0 Å². The van der Waals surface area contributed by atoms with Gasteiger partial charge < -0.3 is 10.1 Å². The zero-order valence-electron chi connectivity index (χ0n) is 11.9. The number of benzene rings is 1. The predicted molar refractivity (Wildman–Crippen MR) is 77.5 cm³/mol. The first-order valence-electron chi connectivity index (χ1n) is 6.56. The van der Waals surface area contributed by atoms with E-state index >= 15 is 0 Å². The second-order valence-electron chi connectivity index (χ2n) is 4.39. The number of nitrogens with zero attached hydrogens (tertiary/aromatic N) is 2. The van der Waals surface area contributed by atoms with E-state index in [9.17, 15) is 4.39 Å². The smallest absolute Gasteiger partial charge is 0.132 e. The van der Waals surface area contributed by atoms with Gasteiger partial charge in [0, 0.05) is 18.2 Å². The Morgan fingerprint density at radius 2 is 2.10 bits per heavy atom. The normalized spacial score (nSPS) is 10.4. The van der Waals surface area contributed by atoms with Gasteiger partial charge in [0.05, 0.1) is 12.8 Å². The molecular formula is C15H18FN3O. The van der Waals surface area contributed by atoms with Crippen LogP contribution in [0.3, 0.4) is 0 Å². The van der Waals surface area contributed by atoms with Crippen molar-refractivity contribution in [3.05, 3.63) is 35.9 Å². The molecule has 1 aromatic carbocycles. The minimum absolute atomic E-state index is 0.312. The van der Waals surface area contributed by atoms with Gasteiger partial charge in [-0.2, -0.15) is 0 Å². The van der Waals surface area contributed by atoms with Crippen LogP contribution in [0.4, 0.5) is 10.2 Å². The average Bonchev–Trinajstić information content (AvgIpc) is 2.47. The Morgan fingerprint density at radius 1 is 1.30 bits per heavy atom. The molecule has 1 aromatic heterocycles. The van der Waals surface area contributed by atoms with Gasteiger partial charge in [-0.05, 0) is 24.6 Å². The molecule has 1 heterocycles. The molecule has 2 rings (SSSR count). The lowest BCUT2D eigenvalue weighted by Gasteiger charge is -2.14. The Hall–Kier alpha value is -2.17. The van der Waals surface area contributed by atoms with E-state index in [1.165, 1.54) is 18.5 Å². The molecule has 0 saturated carbocycles. The molecule has 0 radical (unpaired) electrons. The molecule has 0 atom stereocenters. The second kappa shape index (κ2) is 6.32. The molecule has 0 fully saturated rings. The van der Waals surface area contributed by atoms with Crippen molar-refractivity contribution in [3.8, 4) is 17.0 Å². The van der Waals surface area contributed by atoms with Crippen molar-refractivity contribution in [3.63, 3.8) is 0 Å². The minimum atomic E-state index is -0.312. The van der Waals surface area contributed by atoms with E-state index in [1.54, 1.807) is 13.2 Å². The third kappa shape index (κ3) is 2.71. The maximum atomic E-state index is 13.6. The van der Waals surface area contributed by atoms with Crippen LogP contribution in [-0.4, -0.2) is 24.1 Å². The van der Waals surface area contributed by atoms with E-state index < -0.39 is 0 Å². The fraction of sp³-hybridized carbons (Fsp3) is 0.333. The highest BCUT2D eigenvalue weighted by molar-refractivity contribution is 5.73. The summed E-state index contributed by atoms with van der Waals surface area (Å²) in [7, 11) is 3.38. The van der Waals surface area contributed by atoms with Crippen LogP contribution in [0.25, 0.3) is 11.3 Å². The summed E-state index contributed by atoms with van der Waals surface area (Å²) in [5.41, 5.74) is 2.33. The quantitative estimate of drug-likeness (QED) is 0.909. The van der Waals surface area contributed by atoms with Gasteiger partial charge >= 0.3 is 0 Å². The maximum absolute atomic E-state index is 13.6. The molecule has 0 aliphatic heterocycles. The molecule has 5 heteroatoms. The number of rotatable bonds is 5. The lowest BCUT2D eigenvalue weighted by atomic mass is 10.0. The van der Waals surface area contributed by atoms with E-state index in [0.29, 0.717) is 17.0 Å². The summed E-state index contributed by atoms with van der Waals surface area (Å²) in [5.74, 6) is 1.06. The van der Waals surface area contributed by atoms with Crippen molar-refractivity contribution < 1.29 is 9.13 Å². The SMILES string of the molecule is CCCc1c(NC)ncnc1-c1cc(F)ccc1OC. The van der Waals surface area contributed by atoms with E-state index in [2.05, 4.69) is 22.2 Å². The van der Waals surface area contributed by atoms with Crippen LogP contribution in [0.15, 0.2) is 24.5 Å². The topological polar surface area (TPSA) is 47.0 Å². The Bertz CT molecular complexity index is 602. The van der Waals surface area contributed by atoms with Crippen molar-refractivity contribution in [1.82, 2.24) is 9.97 Å². The number of hydrogen-bond acceptors (Lipinski definition) is 4. The average molecular weight is 275 g/mol. The largest absolute Gasteiger partial charge is 0.496 e. The fourth-order valence-corrected chi connectivity index (χ4v) is 2.21. The molecular weight excluding hydrogens is 257 g/mol. The standard InChI is InChI=1S/C15H18FN3O/c1-4-5-11-14(18-9-19-15(11)17-2)12-8-10(16)6-7-13(12)20-3/h6-9H,4-5H2,1-3H3,(H,17,18,19). The zero-order valence-corrected chi connectivity index (χ0v) is 11.9. The van der Waals surface area contributed by atoms with Crippen LogP contribution in [-0.2, 0) is 6.42 Å². The molecule has 0 aliphatic rings. The second-order valence-corrected chi connectivity index (χ2v) is 4.39. The van der Waals surface area contributed by atoms with Crippen molar-refractivity contribution in [1.29, 1.82) is 0 Å². The van der Waals surface area contributed by atoms with Gasteiger partial charge in [0.2, 0.25) is 0 Å². The molecule has 0 bridgehead atoms. The molecule has 4 nitrogen and oxygen atoms in total. The highest BCUT2D eigenvalue weighted by Gasteiger charge is 2.16. The number of hydrogen-bond donors (Lipinski definition) is 1. The first-order valence-corrected chi connectivity index (χ1v) is 6.56. The van der Waals surface area contributed by atoms with Crippen LogP contribution in [0.2, 0.25) is 0 Å². The molecule has 0 aliphatic carbocycles. The number of nitrogens with one attached hydrogen (secondary N) is 1. The molecule has 0 amide bonds. The Labute approximate surface area is 118 Å². The van der Waals surface area contributed by atoms with Crippen LogP contribution in [0.1, 0.15) is 18.9 Å². The molecule has 0 spiro atoms. The summed E-state index contributed by atoms with van der Waals surface area (Å²) >= 11 is 0. The predicted octanol–water partition coefficient (Wildman–Crippen LogP) is 3.29. The molecule has 2 aromatic rings. The van der Waals surface area contributed by atoms with Gasteiger partial charge in [-0.25, -0.2) is 14.4 Å². The van der Waals surface area contributed by atoms with E-state index in [-0.39, 0.29) is 5.82 Å². The first kappa shape index (κ1) is 14.2. The van der Waals surface area contributed by atoms with Gasteiger partial charge in [-0.15, -0.1) is 0 Å². The van der Waals surface area contributed by atoms with E-state index in [4.69, 9.17) is 4.74 Å². The highest BCUT2D eigenvalue weighted by Crippen LogP contribution is 2.33. The van der Waals surface area contributed by atoms with Gasteiger partial charge in [0.15, 0.2) is 0 Å². The minimum Gasteiger partial charge on any atom is -0.496 e. The summed E-state index contributed by atoms with van der Waals surface area (Å²) in [5, 5.41) is 3.06. The van der Waals surface area contributed by atoms with E-state index in [0.717, 1.165) is 24.2 Å². The Morgan fingerprint density at radius 3 is 2.75 bits per heavy atom. The Kier molecular flexibility index (Phi) is 4.50. The van der Waals surface area contributed by atoms with Crippen molar-refractivity contribution in [2.75, 3.05) is 19.5 Å². The lowest BCUT2D eigenvalue weighted by Crippen LogP contribution is -2.04. The molecule has 20 heavy (non-hydrogen) atoms. The maximum Gasteiger partial charge on any atom is 0.132 e. The number of anilines is 1. The number of aromatic nitrogens is 2. The summed E-state index contributed by atoms with van der Waals surface area (Å²) in [6.07, 6.45) is 3.24. The van der Waals surface area contributed by atoms with Crippen molar-refractivity contribution >= 4 is 5.82 Å². The summed E-state index contributed by atoms with van der Waals surface area (Å²) in [6.45, 7) is 2.08. The van der Waals surface area contributed by atoms with E-state index in [1.807, 2.05) is 7.05 Å². The Balaban J connectivity index is 2.65. The highest BCUT2D eigenvalue weighted by atomic mass is 19.1. The number of ether oxygens (including phenoxy) is 1. The fourth-order valence-electron chi connectivity index (χ4n) is 2.21. The summed E-state index contributed by atoms with van der Waals surface area (Å²) in [4.78, 5) is 8.55. The molecule has 0 saturated heterocycles. The van der Waals surface area contributed by atoms with Crippen LogP contribution in [0, 0.1) is 5.82 Å². The van der Waals surface area contributed by atoms with Gasteiger partial charge in [0.1, 0.15) is 23.7 Å². The zero-order chi connectivity index (χ0) is 14.5. The molecule has 1 N–H and O–H groups in total. The van der Waals surface area contributed by atoms with Gasteiger partial charge in [-0.1, -0.05) is 13.3 Å². The van der Waals surface area contributed by atoms with Crippen molar-refractivity contribution in [2.45, 2.75) is 19.8 Å². The lowest BCUT2D eigenvalue weighted by molar-refractivity contribution is 0.415. The monoisotopic (exact) mass is 275 g/mol. The van der Waals surface area contributed by atoms with Crippen molar-refractivity contribution in [2.24, 2.45) is 0 Å². The van der Waals surface area contributed by atoms with Crippen LogP contribution in [0.5, 0.6) is 5.75 Å². The van der Waals surface area contributed by atoms with Crippen LogP contribution >= 0.6 is 0 Å². The first-order chi connectivity index (χ1) is 9.71. The molecule has 106 valence electrons. The van der Waals surface area contributed by atoms with Gasteiger partial charge in [0.25, 0.3) is 0 Å². The third-order valence-electron chi connectivity index (χ3n) is 3.10. The number of halogens is 1. The summed E-state index contributed by atoms with van der Waals surface area (Å²) in [6, 6.07) is 4.43. The third-order valence-corrected chi connectivity index (χ3v) is 3.10. The summed E-state index contributed by atoms with van der Waals surface area (Å²) < 4.78 is 18.9. The number of methoxy groups -OCH3 is 1.